The number of nitrogens with two attached hydrogens (primary N) is 1. The molecular weight excluding hydrogens is 204 g/mol. The van der Waals surface area contributed by atoms with E-state index in [0.29, 0.717) is 6.54 Å². The lowest BCUT2D eigenvalue weighted by Crippen LogP contribution is -2.36. The maximum Gasteiger partial charge on any atom is 0.102 e. The zero-order chi connectivity index (χ0) is 12.6. The van der Waals surface area contributed by atoms with Crippen LogP contribution in [0.3, 0.4) is 0 Å². The van der Waals surface area contributed by atoms with E-state index in [4.69, 9.17) is 5.73 Å². The van der Waals surface area contributed by atoms with Gasteiger partial charge in [-0.05, 0) is 26.7 Å². The molecule has 5 heteroatoms. The fraction of sp³-hybridized carbons (Fsp3) is 0.818. The van der Waals surface area contributed by atoms with Crippen LogP contribution in [0.4, 0.5) is 0 Å². The van der Waals surface area contributed by atoms with Crippen LogP contribution in [-0.2, 0) is 12.1 Å². The molecule has 0 saturated carbocycles. The summed E-state index contributed by atoms with van der Waals surface area (Å²) in [5, 5.41) is 18.1. The van der Waals surface area contributed by atoms with E-state index in [1.807, 2.05) is 27.7 Å². The number of aromatic nitrogens is 3. The van der Waals surface area contributed by atoms with Gasteiger partial charge in [-0.25, -0.2) is 4.68 Å². The van der Waals surface area contributed by atoms with Gasteiger partial charge in [0, 0.05) is 0 Å². The van der Waals surface area contributed by atoms with E-state index in [2.05, 4.69) is 10.3 Å². The summed E-state index contributed by atoms with van der Waals surface area (Å²) in [6.45, 7) is 9.93. The summed E-state index contributed by atoms with van der Waals surface area (Å²) in [4.78, 5) is 0. The average molecular weight is 226 g/mol. The van der Waals surface area contributed by atoms with Gasteiger partial charge in [-0.3, -0.25) is 0 Å². The van der Waals surface area contributed by atoms with Gasteiger partial charge in [-0.15, -0.1) is 5.10 Å². The SMILES string of the molecule is CC(C)C(C)(O)Cn1cc(C(C)(C)N)nn1. The molecule has 5 nitrogen and oxygen atoms in total. The van der Waals surface area contributed by atoms with Crippen molar-refractivity contribution in [1.82, 2.24) is 15.0 Å². The zero-order valence-electron chi connectivity index (χ0n) is 10.7. The lowest BCUT2D eigenvalue weighted by molar-refractivity contribution is -0.00612. The molecule has 0 aliphatic rings. The van der Waals surface area contributed by atoms with Gasteiger partial charge in [0.05, 0.1) is 23.9 Å². The molecule has 3 N–H and O–H groups in total. The largest absolute Gasteiger partial charge is 0.388 e. The van der Waals surface area contributed by atoms with E-state index in [1.54, 1.807) is 17.8 Å². The van der Waals surface area contributed by atoms with Crippen LogP contribution in [0.25, 0.3) is 0 Å². The fourth-order valence-electron chi connectivity index (χ4n) is 1.18. The van der Waals surface area contributed by atoms with Crippen LogP contribution in [0.15, 0.2) is 6.20 Å². The Morgan fingerprint density at radius 1 is 1.44 bits per heavy atom. The zero-order valence-corrected chi connectivity index (χ0v) is 10.7. The molecule has 0 saturated heterocycles. The van der Waals surface area contributed by atoms with Crippen LogP contribution >= 0.6 is 0 Å². The van der Waals surface area contributed by atoms with Crippen molar-refractivity contribution >= 4 is 0 Å². The van der Waals surface area contributed by atoms with Gasteiger partial charge < -0.3 is 10.8 Å². The summed E-state index contributed by atoms with van der Waals surface area (Å²) < 4.78 is 1.64. The molecule has 0 radical (unpaired) electrons. The third-order valence-corrected chi connectivity index (χ3v) is 2.92. The Balaban J connectivity index is 2.81. The average Bonchev–Trinajstić information content (AvgIpc) is 2.50. The van der Waals surface area contributed by atoms with Crippen molar-refractivity contribution in [1.29, 1.82) is 0 Å². The van der Waals surface area contributed by atoms with Crippen LogP contribution in [-0.4, -0.2) is 25.7 Å². The van der Waals surface area contributed by atoms with Gasteiger partial charge in [-0.2, -0.15) is 0 Å². The second-order valence-electron chi connectivity index (χ2n) is 5.53. The standard InChI is InChI=1S/C11H22N4O/c1-8(2)11(5,16)7-15-6-9(13-14-15)10(3,4)12/h6,8,16H,7,12H2,1-5H3. The Morgan fingerprint density at radius 2 is 2.00 bits per heavy atom. The Kier molecular flexibility index (Phi) is 3.40. The van der Waals surface area contributed by atoms with E-state index in [0.717, 1.165) is 5.69 Å². The van der Waals surface area contributed by atoms with Crippen LogP contribution in [0, 0.1) is 5.92 Å². The second kappa shape index (κ2) is 4.14. The lowest BCUT2D eigenvalue weighted by atomic mass is 9.93. The molecule has 1 unspecified atom stereocenters. The highest BCUT2D eigenvalue weighted by Gasteiger charge is 2.27. The van der Waals surface area contributed by atoms with E-state index < -0.39 is 11.1 Å². The summed E-state index contributed by atoms with van der Waals surface area (Å²) in [6.07, 6.45) is 1.79. The molecule has 1 aromatic rings. The third-order valence-electron chi connectivity index (χ3n) is 2.92. The van der Waals surface area contributed by atoms with E-state index >= 15 is 0 Å². The Labute approximate surface area is 96.6 Å². The predicted octanol–water partition coefficient (Wildman–Crippen LogP) is 0.879. The molecule has 16 heavy (non-hydrogen) atoms. The number of rotatable bonds is 4. The van der Waals surface area contributed by atoms with Crippen molar-refractivity contribution in [2.24, 2.45) is 11.7 Å². The first-order valence-corrected chi connectivity index (χ1v) is 5.55. The first-order chi connectivity index (χ1) is 7.13. The predicted molar refractivity (Wildman–Crippen MR) is 62.7 cm³/mol. The van der Waals surface area contributed by atoms with Gasteiger partial charge in [0.1, 0.15) is 5.69 Å². The summed E-state index contributed by atoms with van der Waals surface area (Å²) in [7, 11) is 0. The Morgan fingerprint density at radius 3 is 2.38 bits per heavy atom. The van der Waals surface area contributed by atoms with Gasteiger partial charge in [-0.1, -0.05) is 19.1 Å². The number of nitrogens with zero attached hydrogens (tertiary/aromatic N) is 3. The topological polar surface area (TPSA) is 77.0 Å². The molecule has 92 valence electrons. The molecule has 1 atom stereocenters. The van der Waals surface area contributed by atoms with Gasteiger partial charge >= 0.3 is 0 Å². The fourth-order valence-corrected chi connectivity index (χ4v) is 1.18. The first kappa shape index (κ1) is 13.1. The highest BCUT2D eigenvalue weighted by Crippen LogP contribution is 2.19. The minimum Gasteiger partial charge on any atom is -0.388 e. The van der Waals surface area contributed by atoms with E-state index in [-0.39, 0.29) is 5.92 Å². The van der Waals surface area contributed by atoms with Crippen molar-refractivity contribution < 1.29 is 5.11 Å². The number of hydrogen-bond donors (Lipinski definition) is 2. The van der Waals surface area contributed by atoms with Crippen molar-refractivity contribution in [3.05, 3.63) is 11.9 Å². The number of aliphatic hydroxyl groups is 1. The summed E-state index contributed by atoms with van der Waals surface area (Å²) in [6, 6.07) is 0. The summed E-state index contributed by atoms with van der Waals surface area (Å²) >= 11 is 0. The maximum absolute atomic E-state index is 10.1. The molecule has 1 rings (SSSR count). The highest BCUT2D eigenvalue weighted by atomic mass is 16.3. The van der Waals surface area contributed by atoms with Gasteiger partial charge in [0.25, 0.3) is 0 Å². The third kappa shape index (κ3) is 3.02. The van der Waals surface area contributed by atoms with Crippen LogP contribution in [0.5, 0.6) is 0 Å². The van der Waals surface area contributed by atoms with Gasteiger partial charge in [0.15, 0.2) is 0 Å². The smallest absolute Gasteiger partial charge is 0.102 e. The summed E-state index contributed by atoms with van der Waals surface area (Å²) in [5.74, 6) is 0.158. The van der Waals surface area contributed by atoms with Crippen molar-refractivity contribution in [2.45, 2.75) is 52.3 Å². The van der Waals surface area contributed by atoms with Crippen molar-refractivity contribution in [2.75, 3.05) is 0 Å². The first-order valence-electron chi connectivity index (χ1n) is 5.55. The van der Waals surface area contributed by atoms with Crippen LogP contribution in [0.1, 0.15) is 40.3 Å². The molecule has 0 bridgehead atoms. The highest BCUT2D eigenvalue weighted by molar-refractivity contribution is 5.05. The molecule has 0 spiro atoms. The monoisotopic (exact) mass is 226 g/mol. The molecule has 0 amide bonds. The van der Waals surface area contributed by atoms with Crippen molar-refractivity contribution in [3.8, 4) is 0 Å². The maximum atomic E-state index is 10.1. The molecule has 0 aliphatic carbocycles. The van der Waals surface area contributed by atoms with E-state index in [9.17, 15) is 5.11 Å². The van der Waals surface area contributed by atoms with Crippen LogP contribution < -0.4 is 5.73 Å². The number of hydrogen-bond acceptors (Lipinski definition) is 4. The molecule has 0 fully saturated rings. The van der Waals surface area contributed by atoms with Gasteiger partial charge in [0.2, 0.25) is 0 Å². The van der Waals surface area contributed by atoms with Crippen molar-refractivity contribution in [3.63, 3.8) is 0 Å². The molecule has 1 aromatic heterocycles. The quantitative estimate of drug-likeness (QED) is 0.799. The molecular formula is C11H22N4O. The molecule has 0 aliphatic heterocycles. The van der Waals surface area contributed by atoms with Crippen LogP contribution in [0.2, 0.25) is 0 Å². The summed E-state index contributed by atoms with van der Waals surface area (Å²) in [5.41, 5.74) is 5.36. The normalized spacial score (nSPS) is 16.5. The minimum absolute atomic E-state index is 0.158. The lowest BCUT2D eigenvalue weighted by Gasteiger charge is -2.27. The molecule has 1 heterocycles. The second-order valence-corrected chi connectivity index (χ2v) is 5.53. The molecule has 0 aromatic carbocycles. The Bertz CT molecular complexity index is 349. The van der Waals surface area contributed by atoms with E-state index in [1.165, 1.54) is 0 Å². The Hall–Kier alpha value is -0.940. The minimum atomic E-state index is -0.788.